The van der Waals surface area contributed by atoms with E-state index in [4.69, 9.17) is 9.84 Å². The fraction of sp³-hybridized carbons (Fsp3) is 0.571. The molecule has 0 aromatic heterocycles. The normalized spacial score (nSPS) is 12.4. The summed E-state index contributed by atoms with van der Waals surface area (Å²) in [6, 6.07) is 5.40. The van der Waals surface area contributed by atoms with Crippen LogP contribution in [0, 0.1) is 5.92 Å². The zero-order chi connectivity index (χ0) is 13.4. The highest BCUT2D eigenvalue weighted by molar-refractivity contribution is 5.41. The Labute approximate surface area is 109 Å². The van der Waals surface area contributed by atoms with Crippen molar-refractivity contribution >= 4 is 0 Å². The fourth-order valence-corrected chi connectivity index (χ4v) is 1.90. The van der Waals surface area contributed by atoms with Gasteiger partial charge in [0.1, 0.15) is 0 Å². The van der Waals surface area contributed by atoms with Gasteiger partial charge in [-0.25, -0.2) is 0 Å². The molecule has 0 amide bonds. The first kappa shape index (κ1) is 14.8. The average Bonchev–Trinajstić information content (AvgIpc) is 2.38. The fourth-order valence-electron chi connectivity index (χ4n) is 1.90. The number of ether oxygens (including phenoxy) is 1. The number of aromatic hydroxyl groups is 1. The molecule has 4 nitrogen and oxygen atoms in total. The van der Waals surface area contributed by atoms with Gasteiger partial charge in [-0.2, -0.15) is 0 Å². The number of hydrogen-bond acceptors (Lipinski definition) is 4. The molecule has 3 N–H and O–H groups in total. The number of aliphatic hydroxyl groups excluding tert-OH is 1. The summed E-state index contributed by atoms with van der Waals surface area (Å²) >= 11 is 0. The molecule has 18 heavy (non-hydrogen) atoms. The predicted octanol–water partition coefficient (Wildman–Crippen LogP) is 1.90. The Bertz CT molecular complexity index is 355. The number of methoxy groups -OCH3 is 1. The lowest BCUT2D eigenvalue weighted by Crippen LogP contribution is -2.22. The van der Waals surface area contributed by atoms with Gasteiger partial charge in [0.25, 0.3) is 0 Å². The van der Waals surface area contributed by atoms with Gasteiger partial charge < -0.3 is 20.3 Å². The molecule has 0 bridgehead atoms. The molecule has 1 aromatic carbocycles. The van der Waals surface area contributed by atoms with E-state index < -0.39 is 0 Å². The van der Waals surface area contributed by atoms with Gasteiger partial charge >= 0.3 is 0 Å². The first-order chi connectivity index (χ1) is 8.71. The number of nitrogens with one attached hydrogen (secondary N) is 1. The van der Waals surface area contributed by atoms with Gasteiger partial charge in [0.2, 0.25) is 0 Å². The van der Waals surface area contributed by atoms with Gasteiger partial charge in [0, 0.05) is 13.2 Å². The summed E-state index contributed by atoms with van der Waals surface area (Å²) in [4.78, 5) is 0. The van der Waals surface area contributed by atoms with E-state index in [0.717, 1.165) is 24.9 Å². The van der Waals surface area contributed by atoms with Crippen molar-refractivity contribution in [3.63, 3.8) is 0 Å². The Kier molecular flexibility index (Phi) is 6.54. The first-order valence-electron chi connectivity index (χ1n) is 6.38. The third kappa shape index (κ3) is 4.55. The van der Waals surface area contributed by atoms with Gasteiger partial charge in [-0.3, -0.25) is 0 Å². The zero-order valence-corrected chi connectivity index (χ0v) is 11.1. The van der Waals surface area contributed by atoms with Crippen LogP contribution in [0.1, 0.15) is 25.3 Å². The summed E-state index contributed by atoms with van der Waals surface area (Å²) in [5.74, 6) is 1.16. The molecule has 1 atom stereocenters. The van der Waals surface area contributed by atoms with Crippen molar-refractivity contribution in [1.82, 2.24) is 5.32 Å². The second kappa shape index (κ2) is 7.95. The van der Waals surface area contributed by atoms with Crippen molar-refractivity contribution in [2.75, 3.05) is 20.3 Å². The van der Waals surface area contributed by atoms with Crippen LogP contribution in [0.15, 0.2) is 18.2 Å². The van der Waals surface area contributed by atoms with E-state index in [1.807, 2.05) is 6.07 Å². The van der Waals surface area contributed by atoms with Crippen LogP contribution in [0.5, 0.6) is 11.5 Å². The highest BCUT2D eigenvalue weighted by Gasteiger charge is 2.06. The number of rotatable bonds is 8. The van der Waals surface area contributed by atoms with Gasteiger partial charge in [-0.05, 0) is 36.6 Å². The molecule has 0 aliphatic rings. The van der Waals surface area contributed by atoms with Gasteiger partial charge in [-0.15, -0.1) is 0 Å². The Morgan fingerprint density at radius 3 is 2.72 bits per heavy atom. The van der Waals surface area contributed by atoms with E-state index in [2.05, 4.69) is 12.2 Å². The highest BCUT2D eigenvalue weighted by Crippen LogP contribution is 2.26. The molecule has 0 aliphatic carbocycles. The van der Waals surface area contributed by atoms with Crippen molar-refractivity contribution in [2.45, 2.75) is 26.3 Å². The largest absolute Gasteiger partial charge is 0.504 e. The lowest BCUT2D eigenvalue weighted by atomic mass is 10.0. The second-order valence-electron chi connectivity index (χ2n) is 4.42. The van der Waals surface area contributed by atoms with E-state index in [-0.39, 0.29) is 12.4 Å². The molecule has 1 aromatic rings. The van der Waals surface area contributed by atoms with E-state index in [1.165, 1.54) is 7.11 Å². The minimum Gasteiger partial charge on any atom is -0.504 e. The topological polar surface area (TPSA) is 61.7 Å². The van der Waals surface area contributed by atoms with Crippen LogP contribution in [0.2, 0.25) is 0 Å². The average molecular weight is 253 g/mol. The Morgan fingerprint density at radius 2 is 2.17 bits per heavy atom. The van der Waals surface area contributed by atoms with Crippen molar-refractivity contribution in [2.24, 2.45) is 5.92 Å². The smallest absolute Gasteiger partial charge is 0.160 e. The summed E-state index contributed by atoms with van der Waals surface area (Å²) < 4.78 is 4.99. The molecule has 1 unspecified atom stereocenters. The Morgan fingerprint density at radius 1 is 1.39 bits per heavy atom. The van der Waals surface area contributed by atoms with Crippen LogP contribution >= 0.6 is 0 Å². The van der Waals surface area contributed by atoms with Crippen LogP contribution in [-0.2, 0) is 6.54 Å². The second-order valence-corrected chi connectivity index (χ2v) is 4.42. The van der Waals surface area contributed by atoms with Crippen LogP contribution in [0.25, 0.3) is 0 Å². The minimum absolute atomic E-state index is 0.166. The monoisotopic (exact) mass is 253 g/mol. The zero-order valence-electron chi connectivity index (χ0n) is 11.1. The van der Waals surface area contributed by atoms with Crippen LogP contribution in [-0.4, -0.2) is 30.5 Å². The lowest BCUT2D eigenvalue weighted by molar-refractivity contribution is 0.251. The molecular weight excluding hydrogens is 230 g/mol. The molecular formula is C14H23NO3. The van der Waals surface area contributed by atoms with Gasteiger partial charge in [0.15, 0.2) is 11.5 Å². The van der Waals surface area contributed by atoms with Crippen LogP contribution < -0.4 is 10.1 Å². The number of phenolic OH excluding ortho intramolecular Hbond substituents is 1. The number of aliphatic hydroxyl groups is 1. The van der Waals surface area contributed by atoms with E-state index in [1.54, 1.807) is 12.1 Å². The third-order valence-corrected chi connectivity index (χ3v) is 3.12. The molecule has 4 heteroatoms. The first-order valence-corrected chi connectivity index (χ1v) is 6.38. The van der Waals surface area contributed by atoms with Gasteiger partial charge in [-0.1, -0.05) is 19.4 Å². The van der Waals surface area contributed by atoms with E-state index in [9.17, 15) is 5.11 Å². The summed E-state index contributed by atoms with van der Waals surface area (Å²) in [6.07, 6.45) is 1.89. The lowest BCUT2D eigenvalue weighted by Gasteiger charge is -2.14. The molecule has 0 heterocycles. The summed E-state index contributed by atoms with van der Waals surface area (Å²) in [5.41, 5.74) is 1.02. The summed E-state index contributed by atoms with van der Waals surface area (Å²) in [7, 11) is 1.54. The number of benzene rings is 1. The quantitative estimate of drug-likeness (QED) is 0.662. The van der Waals surface area contributed by atoms with Crippen LogP contribution in [0.4, 0.5) is 0 Å². The minimum atomic E-state index is 0.166. The SMILES string of the molecule is CCC(CCO)CNCc1ccc(OC)c(O)c1. The molecule has 0 radical (unpaired) electrons. The molecule has 0 fully saturated rings. The molecule has 102 valence electrons. The van der Waals surface area contributed by atoms with Crippen molar-refractivity contribution in [1.29, 1.82) is 0 Å². The summed E-state index contributed by atoms with van der Waals surface area (Å²) in [5, 5.41) is 21.9. The van der Waals surface area contributed by atoms with Gasteiger partial charge in [0.05, 0.1) is 7.11 Å². The Hall–Kier alpha value is -1.26. The van der Waals surface area contributed by atoms with Crippen molar-refractivity contribution < 1.29 is 14.9 Å². The van der Waals surface area contributed by atoms with Crippen molar-refractivity contribution in [3.8, 4) is 11.5 Å². The van der Waals surface area contributed by atoms with E-state index >= 15 is 0 Å². The molecule has 0 saturated carbocycles. The third-order valence-electron chi connectivity index (χ3n) is 3.12. The maximum atomic E-state index is 9.64. The molecule has 0 spiro atoms. The molecule has 1 rings (SSSR count). The van der Waals surface area contributed by atoms with Crippen molar-refractivity contribution in [3.05, 3.63) is 23.8 Å². The maximum Gasteiger partial charge on any atom is 0.160 e. The highest BCUT2D eigenvalue weighted by atomic mass is 16.5. The standard InChI is InChI=1S/C14H23NO3/c1-3-11(6-7-16)9-15-10-12-4-5-14(18-2)13(17)8-12/h4-5,8,11,15-17H,3,6-7,9-10H2,1-2H3. The number of phenols is 1. The maximum absolute atomic E-state index is 9.64. The molecule has 0 saturated heterocycles. The molecule has 0 aliphatic heterocycles. The Balaban J connectivity index is 2.41. The summed E-state index contributed by atoms with van der Waals surface area (Å²) in [6.45, 7) is 3.95. The van der Waals surface area contributed by atoms with Crippen LogP contribution in [0.3, 0.4) is 0 Å². The number of hydrogen-bond donors (Lipinski definition) is 3. The van der Waals surface area contributed by atoms with E-state index in [0.29, 0.717) is 18.2 Å². The predicted molar refractivity (Wildman–Crippen MR) is 71.8 cm³/mol.